The molecular formula is C40H59N5O8. The number of imide groups is 1. The van der Waals surface area contributed by atoms with Crippen LogP contribution < -0.4 is 22.1 Å². The van der Waals surface area contributed by atoms with Crippen molar-refractivity contribution in [2.75, 3.05) is 6.54 Å². The van der Waals surface area contributed by atoms with Crippen LogP contribution in [0.2, 0.25) is 0 Å². The van der Waals surface area contributed by atoms with Crippen molar-refractivity contribution in [1.82, 2.24) is 20.1 Å². The maximum absolute atomic E-state index is 14.4. The zero-order valence-corrected chi connectivity index (χ0v) is 31.6. The Labute approximate surface area is 312 Å². The standard InChI is InChI=1S/C40H57N5O7.H2O/c1-26(2)21-33(38(49)43-31(23-29-15-9-6-10-16-29)34(46)24-36(47)42-25-27(3)4)45(39(50)30(41)22-28-13-7-5-8-14-28)37(48)19-20-44-32-17-11-12-18-35(32)52-40(44)51;/h5,7-8,11-14,17-18,26-27,29-31,33-34,46H,6,9-10,15-16,19-25,41H2,1-4H3,(H,42,47)(H,43,49);1H2/t30-,31-,33-,34-;/m0./s1. The molecule has 0 spiro atoms. The van der Waals surface area contributed by atoms with Crippen molar-refractivity contribution in [1.29, 1.82) is 0 Å². The molecule has 0 radical (unpaired) electrons. The fourth-order valence-corrected chi connectivity index (χ4v) is 7.01. The average molecular weight is 738 g/mol. The molecule has 4 rings (SSSR count). The summed E-state index contributed by atoms with van der Waals surface area (Å²) in [6, 6.07) is 12.9. The number of carbonyl (C=O) groups excluding carboxylic acids is 4. The molecule has 1 aliphatic rings. The van der Waals surface area contributed by atoms with Crippen LogP contribution in [0.25, 0.3) is 11.1 Å². The Kier molecular flexibility index (Phi) is 16.9. The van der Waals surface area contributed by atoms with E-state index in [1.807, 2.05) is 58.0 Å². The molecule has 4 atom stereocenters. The zero-order chi connectivity index (χ0) is 37.8. The molecule has 7 N–H and O–H groups in total. The van der Waals surface area contributed by atoms with Crippen molar-refractivity contribution < 1.29 is 34.2 Å². The van der Waals surface area contributed by atoms with Crippen LogP contribution in [0.3, 0.4) is 0 Å². The molecule has 3 aromatic rings. The van der Waals surface area contributed by atoms with Gasteiger partial charge in [-0.05, 0) is 54.7 Å². The van der Waals surface area contributed by atoms with Crippen LogP contribution in [0.4, 0.5) is 0 Å². The molecule has 13 heteroatoms. The van der Waals surface area contributed by atoms with Crippen LogP contribution in [0.15, 0.2) is 63.8 Å². The second kappa shape index (κ2) is 20.8. The van der Waals surface area contributed by atoms with Gasteiger partial charge in [0, 0.05) is 19.5 Å². The smallest absolute Gasteiger partial charge is 0.412 e. The lowest BCUT2D eigenvalue weighted by atomic mass is 9.83. The summed E-state index contributed by atoms with van der Waals surface area (Å²) in [6.07, 6.45) is 4.22. The molecular weight excluding hydrogens is 678 g/mol. The first kappa shape index (κ1) is 43.1. The number of amides is 4. The van der Waals surface area contributed by atoms with Gasteiger partial charge in [-0.3, -0.25) is 28.6 Å². The SMILES string of the molecule is CC(C)CNC(=O)C[C@H](O)[C@H](CC1CCCCC1)NC(=O)[C@H](CC(C)C)N(C(=O)CCn1c(=O)oc2ccccc21)C(=O)[C@@H](N)Cc1ccccc1.O. The van der Waals surface area contributed by atoms with Crippen LogP contribution >= 0.6 is 0 Å². The van der Waals surface area contributed by atoms with E-state index in [0.717, 1.165) is 42.6 Å². The number of oxazole rings is 1. The van der Waals surface area contributed by atoms with Gasteiger partial charge in [0.2, 0.25) is 23.6 Å². The Morgan fingerprint density at radius 3 is 2.28 bits per heavy atom. The van der Waals surface area contributed by atoms with E-state index in [1.165, 1.54) is 4.57 Å². The van der Waals surface area contributed by atoms with Gasteiger partial charge in [0.25, 0.3) is 0 Å². The highest BCUT2D eigenvalue weighted by molar-refractivity contribution is 6.02. The molecule has 1 heterocycles. The number of nitrogens with one attached hydrogen (secondary N) is 2. The fraction of sp³-hybridized carbons (Fsp3) is 0.575. The lowest BCUT2D eigenvalue weighted by Gasteiger charge is -2.35. The Bertz CT molecular complexity index is 1680. The predicted molar refractivity (Wildman–Crippen MR) is 204 cm³/mol. The van der Waals surface area contributed by atoms with Gasteiger partial charge in [0.05, 0.1) is 30.1 Å². The minimum atomic E-state index is -1.25. The molecule has 292 valence electrons. The molecule has 53 heavy (non-hydrogen) atoms. The number of aryl methyl sites for hydroxylation is 1. The number of carbonyl (C=O) groups is 4. The second-order valence-corrected chi connectivity index (χ2v) is 15.1. The third-order valence-corrected chi connectivity index (χ3v) is 9.76. The van der Waals surface area contributed by atoms with Crippen LogP contribution in [-0.2, 0) is 32.1 Å². The number of benzene rings is 2. The second-order valence-electron chi connectivity index (χ2n) is 15.1. The van der Waals surface area contributed by atoms with E-state index in [9.17, 15) is 29.1 Å². The van der Waals surface area contributed by atoms with Gasteiger partial charge < -0.3 is 31.4 Å². The molecule has 0 bridgehead atoms. The number of nitrogens with zero attached hydrogens (tertiary/aromatic N) is 2. The molecule has 0 aliphatic heterocycles. The Morgan fingerprint density at radius 1 is 0.962 bits per heavy atom. The van der Waals surface area contributed by atoms with E-state index >= 15 is 0 Å². The Morgan fingerprint density at radius 2 is 1.62 bits per heavy atom. The zero-order valence-electron chi connectivity index (χ0n) is 31.6. The van der Waals surface area contributed by atoms with Gasteiger partial charge in [-0.15, -0.1) is 0 Å². The lowest BCUT2D eigenvalue weighted by molar-refractivity contribution is -0.154. The quantitative estimate of drug-likeness (QED) is 0.152. The maximum atomic E-state index is 14.4. The predicted octanol–water partition coefficient (Wildman–Crippen LogP) is 3.48. The van der Waals surface area contributed by atoms with E-state index in [1.54, 1.807) is 24.3 Å². The number of para-hydroxylation sites is 2. The molecule has 4 amide bonds. The number of fused-ring (bicyclic) bond motifs is 1. The molecule has 0 saturated heterocycles. The van der Waals surface area contributed by atoms with Crippen molar-refractivity contribution >= 4 is 34.7 Å². The molecule has 1 fully saturated rings. The summed E-state index contributed by atoms with van der Waals surface area (Å²) >= 11 is 0. The number of rotatable bonds is 18. The largest absolute Gasteiger partial charge is 0.419 e. The van der Waals surface area contributed by atoms with Gasteiger partial charge in [-0.25, -0.2) is 4.79 Å². The van der Waals surface area contributed by atoms with E-state index < -0.39 is 47.7 Å². The van der Waals surface area contributed by atoms with E-state index in [-0.39, 0.29) is 61.4 Å². The Hall–Kier alpha value is -4.33. The topological polar surface area (TPSA) is 208 Å². The summed E-state index contributed by atoms with van der Waals surface area (Å²) in [7, 11) is 0. The lowest BCUT2D eigenvalue weighted by Crippen LogP contribution is -2.59. The van der Waals surface area contributed by atoms with Crippen LogP contribution in [0.5, 0.6) is 0 Å². The van der Waals surface area contributed by atoms with Crippen LogP contribution in [-0.4, -0.2) is 74.5 Å². The normalized spacial score (nSPS) is 15.7. The first-order valence-electron chi connectivity index (χ1n) is 18.8. The highest BCUT2D eigenvalue weighted by atomic mass is 16.4. The number of nitrogens with two attached hydrogens (primary N) is 1. The maximum Gasteiger partial charge on any atom is 0.419 e. The van der Waals surface area contributed by atoms with Crippen LogP contribution in [0, 0.1) is 17.8 Å². The van der Waals surface area contributed by atoms with Crippen molar-refractivity contribution in [3.8, 4) is 0 Å². The van der Waals surface area contributed by atoms with Crippen molar-refractivity contribution in [2.45, 2.75) is 123 Å². The number of aromatic nitrogens is 1. The van der Waals surface area contributed by atoms with Crippen molar-refractivity contribution in [2.24, 2.45) is 23.5 Å². The van der Waals surface area contributed by atoms with E-state index in [4.69, 9.17) is 10.2 Å². The third kappa shape index (κ3) is 12.6. The average Bonchev–Trinajstić information content (AvgIpc) is 3.44. The van der Waals surface area contributed by atoms with Gasteiger partial charge in [-0.1, -0.05) is 102 Å². The molecule has 13 nitrogen and oxygen atoms in total. The highest BCUT2D eigenvalue weighted by Crippen LogP contribution is 2.29. The van der Waals surface area contributed by atoms with Gasteiger partial charge >= 0.3 is 5.76 Å². The summed E-state index contributed by atoms with van der Waals surface area (Å²) in [4.78, 5) is 69.4. The number of hydrogen-bond acceptors (Lipinski definition) is 8. The van der Waals surface area contributed by atoms with E-state index in [2.05, 4.69) is 10.6 Å². The van der Waals surface area contributed by atoms with Gasteiger partial charge in [-0.2, -0.15) is 0 Å². The molecule has 1 saturated carbocycles. The Balaban J connectivity index is 0.00000756. The first-order valence-corrected chi connectivity index (χ1v) is 18.8. The first-order chi connectivity index (χ1) is 24.8. The number of aliphatic hydroxyl groups is 1. The molecule has 2 aromatic carbocycles. The van der Waals surface area contributed by atoms with Crippen molar-refractivity contribution in [3.63, 3.8) is 0 Å². The van der Waals surface area contributed by atoms with E-state index in [0.29, 0.717) is 24.1 Å². The number of aliphatic hydroxyl groups excluding tert-OH is 1. The van der Waals surface area contributed by atoms with Crippen LogP contribution in [0.1, 0.15) is 91.0 Å². The minimum absolute atomic E-state index is 0. The molecule has 1 aliphatic carbocycles. The fourth-order valence-electron chi connectivity index (χ4n) is 7.01. The summed E-state index contributed by atoms with van der Waals surface area (Å²) in [5.41, 5.74) is 8.17. The van der Waals surface area contributed by atoms with Gasteiger partial charge in [0.1, 0.15) is 6.04 Å². The molecule has 0 unspecified atom stereocenters. The number of hydrogen-bond donors (Lipinski definition) is 4. The summed E-state index contributed by atoms with van der Waals surface area (Å²) in [6.45, 7) is 8.12. The summed E-state index contributed by atoms with van der Waals surface area (Å²) < 4.78 is 6.68. The van der Waals surface area contributed by atoms with Gasteiger partial charge in [0.15, 0.2) is 5.58 Å². The third-order valence-electron chi connectivity index (χ3n) is 9.76. The monoisotopic (exact) mass is 737 g/mol. The van der Waals surface area contributed by atoms with Crippen molar-refractivity contribution in [3.05, 3.63) is 70.7 Å². The minimum Gasteiger partial charge on any atom is -0.412 e. The summed E-state index contributed by atoms with van der Waals surface area (Å²) in [5, 5.41) is 17.3. The summed E-state index contributed by atoms with van der Waals surface area (Å²) in [5.74, 6) is -2.57. The highest BCUT2D eigenvalue weighted by Gasteiger charge is 2.39. The molecule has 1 aromatic heterocycles.